The predicted molar refractivity (Wildman–Crippen MR) is 54.0 cm³/mol. The molecule has 0 radical (unpaired) electrons. The van der Waals surface area contributed by atoms with Crippen LogP contribution in [0.5, 0.6) is 0 Å². The molecule has 0 aliphatic carbocycles. The molecule has 0 atom stereocenters. The summed E-state index contributed by atoms with van der Waals surface area (Å²) in [6.45, 7) is 0.719. The minimum atomic E-state index is 0.385. The number of benzene rings is 1. The van der Waals surface area contributed by atoms with Gasteiger partial charge in [-0.25, -0.2) is 5.43 Å². The van der Waals surface area contributed by atoms with E-state index in [-0.39, 0.29) is 0 Å². The molecule has 4 nitrogen and oxygen atoms in total. The van der Waals surface area contributed by atoms with E-state index in [2.05, 4.69) is 15.8 Å². The standard InChI is InChI=1S/C9H14N4/c1-11-9(10)13-12-7-8-5-3-2-4-6-8/h2-6,12H,7H2,1H3,(H3,10,11,13). The fourth-order valence-corrected chi connectivity index (χ4v) is 0.889. The first kappa shape index (κ1) is 9.54. The minimum Gasteiger partial charge on any atom is -0.369 e. The lowest BCUT2D eigenvalue weighted by Crippen LogP contribution is -2.41. The number of hydrogen-bond donors (Lipinski definition) is 3. The first-order valence-electron chi connectivity index (χ1n) is 4.08. The van der Waals surface area contributed by atoms with Gasteiger partial charge < -0.3 is 5.73 Å². The van der Waals surface area contributed by atoms with E-state index in [4.69, 9.17) is 5.73 Å². The van der Waals surface area contributed by atoms with Gasteiger partial charge in [0.1, 0.15) is 0 Å². The lowest BCUT2D eigenvalue weighted by atomic mass is 10.2. The summed E-state index contributed by atoms with van der Waals surface area (Å²) in [5.74, 6) is 0.385. The summed E-state index contributed by atoms with van der Waals surface area (Å²) in [7, 11) is 1.63. The molecule has 4 heteroatoms. The maximum atomic E-state index is 5.41. The van der Waals surface area contributed by atoms with Crippen LogP contribution in [0.2, 0.25) is 0 Å². The topological polar surface area (TPSA) is 62.4 Å². The van der Waals surface area contributed by atoms with Crippen LogP contribution in [0, 0.1) is 0 Å². The Kier molecular flexibility index (Phi) is 3.78. The van der Waals surface area contributed by atoms with Crippen molar-refractivity contribution in [2.24, 2.45) is 10.7 Å². The number of hydrazine groups is 1. The number of nitrogens with one attached hydrogen (secondary N) is 2. The van der Waals surface area contributed by atoms with E-state index in [9.17, 15) is 0 Å². The first-order valence-corrected chi connectivity index (χ1v) is 4.08. The van der Waals surface area contributed by atoms with Crippen molar-refractivity contribution < 1.29 is 0 Å². The molecule has 1 rings (SSSR count). The van der Waals surface area contributed by atoms with E-state index in [1.165, 1.54) is 5.56 Å². The number of rotatable bonds is 3. The predicted octanol–water partition coefficient (Wildman–Crippen LogP) is 0.225. The van der Waals surface area contributed by atoms with Crippen molar-refractivity contribution in [1.82, 2.24) is 10.9 Å². The monoisotopic (exact) mass is 178 g/mol. The van der Waals surface area contributed by atoms with Gasteiger partial charge in [0.25, 0.3) is 0 Å². The van der Waals surface area contributed by atoms with Gasteiger partial charge in [-0.1, -0.05) is 30.3 Å². The number of nitrogens with two attached hydrogens (primary N) is 1. The Labute approximate surface area is 77.8 Å². The van der Waals surface area contributed by atoms with E-state index < -0.39 is 0 Å². The first-order chi connectivity index (χ1) is 6.33. The van der Waals surface area contributed by atoms with Crippen LogP contribution < -0.4 is 16.6 Å². The Morgan fingerprint density at radius 2 is 2.08 bits per heavy atom. The summed E-state index contributed by atoms with van der Waals surface area (Å²) in [5, 5.41) is 0. The van der Waals surface area contributed by atoms with E-state index in [1.807, 2.05) is 30.3 Å². The Bertz CT molecular complexity index is 268. The van der Waals surface area contributed by atoms with Crippen LogP contribution in [0.15, 0.2) is 35.3 Å². The summed E-state index contributed by atoms with van der Waals surface area (Å²) in [4.78, 5) is 3.74. The molecule has 0 bridgehead atoms. The molecular weight excluding hydrogens is 164 g/mol. The maximum Gasteiger partial charge on any atom is 0.202 e. The van der Waals surface area contributed by atoms with Crippen molar-refractivity contribution >= 4 is 5.96 Å². The number of nitrogens with zero attached hydrogens (tertiary/aromatic N) is 1. The SMILES string of the molecule is CN=C(N)NNCc1ccccc1. The van der Waals surface area contributed by atoms with E-state index in [0.717, 1.165) is 6.54 Å². The van der Waals surface area contributed by atoms with Crippen molar-refractivity contribution in [3.05, 3.63) is 35.9 Å². The quantitative estimate of drug-likeness (QED) is 0.352. The van der Waals surface area contributed by atoms with Crippen molar-refractivity contribution in [1.29, 1.82) is 0 Å². The van der Waals surface area contributed by atoms with Gasteiger partial charge in [-0.3, -0.25) is 10.4 Å². The fraction of sp³-hybridized carbons (Fsp3) is 0.222. The lowest BCUT2D eigenvalue weighted by molar-refractivity contribution is 0.648. The Balaban J connectivity index is 2.28. The average Bonchev–Trinajstić information content (AvgIpc) is 2.19. The molecule has 0 heterocycles. The summed E-state index contributed by atoms with van der Waals surface area (Å²) in [5.41, 5.74) is 12.3. The van der Waals surface area contributed by atoms with Crippen LogP contribution in [-0.2, 0) is 6.54 Å². The molecule has 0 spiro atoms. The highest BCUT2D eigenvalue weighted by molar-refractivity contribution is 5.77. The van der Waals surface area contributed by atoms with Gasteiger partial charge in [-0.2, -0.15) is 0 Å². The van der Waals surface area contributed by atoms with Crippen LogP contribution in [0.4, 0.5) is 0 Å². The van der Waals surface area contributed by atoms with Crippen molar-refractivity contribution in [3.8, 4) is 0 Å². The van der Waals surface area contributed by atoms with Crippen LogP contribution in [0.25, 0.3) is 0 Å². The summed E-state index contributed by atoms with van der Waals surface area (Å²) in [6.07, 6.45) is 0. The largest absolute Gasteiger partial charge is 0.369 e. The van der Waals surface area contributed by atoms with Crippen molar-refractivity contribution in [2.75, 3.05) is 7.05 Å². The molecule has 0 saturated heterocycles. The molecule has 1 aromatic rings. The molecule has 0 fully saturated rings. The molecule has 4 N–H and O–H groups in total. The number of hydrogen-bond acceptors (Lipinski definition) is 2. The number of aliphatic imine (C=N–C) groups is 1. The molecule has 0 aliphatic heterocycles. The van der Waals surface area contributed by atoms with Crippen LogP contribution in [0.1, 0.15) is 5.56 Å². The minimum absolute atomic E-state index is 0.385. The van der Waals surface area contributed by atoms with Crippen LogP contribution in [-0.4, -0.2) is 13.0 Å². The smallest absolute Gasteiger partial charge is 0.202 e. The van der Waals surface area contributed by atoms with Crippen molar-refractivity contribution in [2.45, 2.75) is 6.54 Å². The molecule has 1 aromatic carbocycles. The van der Waals surface area contributed by atoms with Crippen LogP contribution >= 0.6 is 0 Å². The summed E-state index contributed by atoms with van der Waals surface area (Å²) >= 11 is 0. The van der Waals surface area contributed by atoms with Crippen molar-refractivity contribution in [3.63, 3.8) is 0 Å². The third-order valence-electron chi connectivity index (χ3n) is 1.59. The Hall–Kier alpha value is -1.55. The third-order valence-corrected chi connectivity index (χ3v) is 1.59. The molecule has 0 aromatic heterocycles. The normalized spacial score (nSPS) is 11.3. The lowest BCUT2D eigenvalue weighted by Gasteiger charge is -2.06. The van der Waals surface area contributed by atoms with E-state index in [0.29, 0.717) is 5.96 Å². The van der Waals surface area contributed by atoms with Gasteiger partial charge in [0.05, 0.1) is 0 Å². The Morgan fingerprint density at radius 3 is 2.69 bits per heavy atom. The van der Waals surface area contributed by atoms with Gasteiger partial charge >= 0.3 is 0 Å². The molecule has 70 valence electrons. The summed E-state index contributed by atoms with van der Waals surface area (Å²) < 4.78 is 0. The molecule has 13 heavy (non-hydrogen) atoms. The van der Waals surface area contributed by atoms with E-state index >= 15 is 0 Å². The van der Waals surface area contributed by atoms with Gasteiger partial charge in [-0.15, -0.1) is 0 Å². The van der Waals surface area contributed by atoms with Gasteiger partial charge in [0.15, 0.2) is 0 Å². The van der Waals surface area contributed by atoms with Gasteiger partial charge in [-0.05, 0) is 5.56 Å². The highest BCUT2D eigenvalue weighted by Gasteiger charge is 1.89. The zero-order chi connectivity index (χ0) is 9.52. The molecule has 0 aliphatic rings. The molecule has 0 amide bonds. The van der Waals surface area contributed by atoms with Gasteiger partial charge in [0.2, 0.25) is 5.96 Å². The molecule has 0 unspecified atom stereocenters. The highest BCUT2D eigenvalue weighted by atomic mass is 15.4. The highest BCUT2D eigenvalue weighted by Crippen LogP contribution is 1.95. The number of guanidine groups is 1. The van der Waals surface area contributed by atoms with Crippen LogP contribution in [0.3, 0.4) is 0 Å². The van der Waals surface area contributed by atoms with Gasteiger partial charge in [0, 0.05) is 13.6 Å². The second-order valence-electron chi connectivity index (χ2n) is 2.57. The summed E-state index contributed by atoms with van der Waals surface area (Å²) in [6, 6.07) is 10.0. The maximum absolute atomic E-state index is 5.41. The Morgan fingerprint density at radius 1 is 1.38 bits per heavy atom. The van der Waals surface area contributed by atoms with E-state index in [1.54, 1.807) is 7.05 Å². The zero-order valence-corrected chi connectivity index (χ0v) is 7.62. The second kappa shape index (κ2) is 5.16. The average molecular weight is 178 g/mol. The second-order valence-corrected chi connectivity index (χ2v) is 2.57. The molecule has 0 saturated carbocycles. The fourth-order valence-electron chi connectivity index (χ4n) is 0.889. The third kappa shape index (κ3) is 3.57. The molecular formula is C9H14N4. The zero-order valence-electron chi connectivity index (χ0n) is 7.62.